The normalized spacial score (nSPS) is 40.9. The van der Waals surface area contributed by atoms with Crippen LogP contribution in [0.15, 0.2) is 21.8 Å². The van der Waals surface area contributed by atoms with Crippen LogP contribution in [-0.2, 0) is 9.63 Å². The lowest BCUT2D eigenvalue weighted by atomic mass is 9.47. The number of Topliss-reactive ketones (excluding diaryl/α,β-unsaturated/α-hetero) is 1. The lowest BCUT2D eigenvalue weighted by Crippen LogP contribution is -2.50. The number of nitrogens with two attached hydrogens (primary N) is 2. The van der Waals surface area contributed by atoms with Crippen LogP contribution in [-0.4, -0.2) is 30.6 Å². The summed E-state index contributed by atoms with van der Waals surface area (Å²) >= 11 is 0. The number of ketones is 1. The molecule has 0 spiro atoms. The summed E-state index contributed by atoms with van der Waals surface area (Å²) in [6.07, 6.45) is 10.9. The number of fused-ring (bicyclic) bond motifs is 5. The fourth-order valence-electron chi connectivity index (χ4n) is 6.76. The van der Waals surface area contributed by atoms with E-state index in [2.05, 4.69) is 30.1 Å². The minimum absolute atomic E-state index is 0.0384. The molecule has 0 aromatic heterocycles. The third-order valence-corrected chi connectivity index (χ3v) is 8.35. The van der Waals surface area contributed by atoms with Crippen LogP contribution in [0.1, 0.15) is 65.2 Å². The summed E-state index contributed by atoms with van der Waals surface area (Å²) in [6, 6.07) is 0. The number of aliphatic imine (C=N–C) groups is 1. The van der Waals surface area contributed by atoms with Crippen LogP contribution in [0, 0.1) is 28.6 Å². The summed E-state index contributed by atoms with van der Waals surface area (Å²) in [5, 5.41) is 4.33. The van der Waals surface area contributed by atoms with Gasteiger partial charge in [-0.3, -0.25) is 4.79 Å². The number of oxime groups is 1. The second-order valence-corrected chi connectivity index (χ2v) is 9.64. The van der Waals surface area contributed by atoms with Gasteiger partial charge in [-0.2, -0.15) is 0 Å². The Balaban J connectivity index is 1.47. The van der Waals surface area contributed by atoms with Gasteiger partial charge in [0.15, 0.2) is 5.96 Å². The molecule has 4 N–H and O–H groups in total. The minimum atomic E-state index is -0.0384. The molecule has 0 aromatic rings. The van der Waals surface area contributed by atoms with Crippen LogP contribution in [0.4, 0.5) is 0 Å². The molecule has 3 fully saturated rings. The summed E-state index contributed by atoms with van der Waals surface area (Å²) in [7, 11) is 0. The van der Waals surface area contributed by atoms with Crippen molar-refractivity contribution >= 4 is 17.5 Å². The highest BCUT2D eigenvalue weighted by Gasteiger charge is 2.58. The van der Waals surface area contributed by atoms with E-state index < -0.39 is 0 Å². The highest BCUT2D eigenvalue weighted by molar-refractivity contribution is 5.96. The van der Waals surface area contributed by atoms with Gasteiger partial charge in [0, 0.05) is 11.8 Å². The standard InChI is InChI=1S/C22H34N4O2/c1-21-9-7-15(26-28-12-11-25-20(23)24)13-14(21)3-4-16-17-5-6-19(27)22(17,2)10-8-18(16)21/h13,16-18H,3-12H2,1-2H3,(H4,23,24,25)/b26-15+/t16?,17?,18?,21-,22-/m0/s1. The first kappa shape index (κ1) is 19.5. The molecule has 0 heterocycles. The van der Waals surface area contributed by atoms with Crippen LogP contribution >= 0.6 is 0 Å². The fourth-order valence-corrected chi connectivity index (χ4v) is 6.76. The molecule has 154 valence electrons. The van der Waals surface area contributed by atoms with Crippen LogP contribution in [0.2, 0.25) is 0 Å². The lowest BCUT2D eigenvalue weighted by Gasteiger charge is -2.57. The molecule has 0 bridgehead atoms. The van der Waals surface area contributed by atoms with E-state index in [9.17, 15) is 4.79 Å². The van der Waals surface area contributed by atoms with Crippen molar-refractivity contribution in [2.75, 3.05) is 13.2 Å². The lowest BCUT2D eigenvalue weighted by molar-refractivity contribution is -0.132. The first-order valence-electron chi connectivity index (χ1n) is 10.8. The van der Waals surface area contributed by atoms with Crippen molar-refractivity contribution in [3.8, 4) is 0 Å². The summed E-state index contributed by atoms with van der Waals surface area (Å²) in [6.45, 7) is 5.53. The molecule has 0 radical (unpaired) electrons. The SMILES string of the molecule is C[C@]12CC/C(=N\OCCN=C(N)N)C=C1CCC1C2CC[C@]2(C)C(=O)CCC12. The molecular formula is C22H34N4O2. The number of hydrogen-bond donors (Lipinski definition) is 2. The van der Waals surface area contributed by atoms with Crippen LogP contribution in [0.25, 0.3) is 0 Å². The molecule has 0 saturated heterocycles. The number of allylic oxidation sites excluding steroid dienone is 2. The van der Waals surface area contributed by atoms with Gasteiger partial charge in [0.25, 0.3) is 0 Å². The van der Waals surface area contributed by atoms with E-state index in [4.69, 9.17) is 16.3 Å². The Morgan fingerprint density at radius 1 is 1.11 bits per heavy atom. The summed E-state index contributed by atoms with van der Waals surface area (Å²) in [5.74, 6) is 2.63. The monoisotopic (exact) mass is 386 g/mol. The average Bonchev–Trinajstić information content (AvgIpc) is 2.96. The predicted molar refractivity (Wildman–Crippen MR) is 111 cm³/mol. The molecular weight excluding hydrogens is 352 g/mol. The van der Waals surface area contributed by atoms with Gasteiger partial charge in [-0.15, -0.1) is 0 Å². The smallest absolute Gasteiger partial charge is 0.186 e. The van der Waals surface area contributed by atoms with E-state index in [1.807, 2.05) is 0 Å². The molecule has 4 rings (SSSR count). The molecule has 6 nitrogen and oxygen atoms in total. The molecule has 0 amide bonds. The van der Waals surface area contributed by atoms with E-state index in [1.54, 1.807) is 5.57 Å². The Hall–Kier alpha value is -1.85. The zero-order valence-electron chi connectivity index (χ0n) is 17.2. The molecule has 0 aliphatic heterocycles. The Morgan fingerprint density at radius 3 is 2.68 bits per heavy atom. The van der Waals surface area contributed by atoms with Crippen molar-refractivity contribution in [3.63, 3.8) is 0 Å². The molecule has 3 saturated carbocycles. The number of carbonyl (C=O) groups excluding carboxylic acids is 1. The summed E-state index contributed by atoms with van der Waals surface area (Å²) < 4.78 is 0. The van der Waals surface area contributed by atoms with E-state index in [-0.39, 0.29) is 16.8 Å². The number of carbonyl (C=O) groups is 1. The highest BCUT2D eigenvalue weighted by Crippen LogP contribution is 2.64. The number of nitrogens with zero attached hydrogens (tertiary/aromatic N) is 2. The third-order valence-electron chi connectivity index (χ3n) is 8.35. The van der Waals surface area contributed by atoms with Gasteiger partial charge < -0.3 is 16.3 Å². The molecule has 28 heavy (non-hydrogen) atoms. The Morgan fingerprint density at radius 2 is 1.89 bits per heavy atom. The Bertz CT molecular complexity index is 739. The summed E-state index contributed by atoms with van der Waals surface area (Å²) in [5.41, 5.74) is 13.4. The molecule has 5 atom stereocenters. The maximum atomic E-state index is 12.5. The van der Waals surface area contributed by atoms with E-state index >= 15 is 0 Å². The average molecular weight is 387 g/mol. The zero-order chi connectivity index (χ0) is 19.9. The molecule has 6 heteroatoms. The van der Waals surface area contributed by atoms with Gasteiger partial charge in [-0.1, -0.05) is 24.6 Å². The maximum Gasteiger partial charge on any atom is 0.186 e. The second kappa shape index (κ2) is 7.20. The Labute approximate surface area is 167 Å². The third kappa shape index (κ3) is 3.15. The number of rotatable bonds is 4. The first-order valence-corrected chi connectivity index (χ1v) is 10.8. The van der Waals surface area contributed by atoms with Gasteiger partial charge in [0.05, 0.1) is 12.3 Å². The van der Waals surface area contributed by atoms with E-state index in [1.165, 1.54) is 12.8 Å². The molecule has 0 aromatic carbocycles. The molecule has 4 aliphatic rings. The van der Waals surface area contributed by atoms with Gasteiger partial charge in [-0.25, -0.2) is 4.99 Å². The molecule has 3 unspecified atom stereocenters. The van der Waals surface area contributed by atoms with Gasteiger partial charge in [0.2, 0.25) is 0 Å². The molecule has 4 aliphatic carbocycles. The minimum Gasteiger partial charge on any atom is -0.394 e. The van der Waals surface area contributed by atoms with Gasteiger partial charge in [0.1, 0.15) is 12.4 Å². The quantitative estimate of drug-likeness (QED) is 0.335. The fraction of sp³-hybridized carbons (Fsp3) is 0.773. The second-order valence-electron chi connectivity index (χ2n) is 9.64. The Kier molecular flexibility index (Phi) is 5.00. The van der Waals surface area contributed by atoms with Crippen molar-refractivity contribution < 1.29 is 9.63 Å². The van der Waals surface area contributed by atoms with Crippen LogP contribution < -0.4 is 11.5 Å². The number of guanidine groups is 1. The van der Waals surface area contributed by atoms with E-state index in [0.717, 1.165) is 44.2 Å². The zero-order valence-corrected chi connectivity index (χ0v) is 17.2. The maximum absolute atomic E-state index is 12.5. The largest absolute Gasteiger partial charge is 0.394 e. The topological polar surface area (TPSA) is 103 Å². The van der Waals surface area contributed by atoms with Crippen molar-refractivity contribution in [2.24, 2.45) is 50.2 Å². The highest BCUT2D eigenvalue weighted by atomic mass is 16.6. The number of hydrogen-bond acceptors (Lipinski definition) is 4. The van der Waals surface area contributed by atoms with E-state index in [0.29, 0.717) is 36.7 Å². The van der Waals surface area contributed by atoms with Crippen molar-refractivity contribution in [3.05, 3.63) is 11.6 Å². The van der Waals surface area contributed by atoms with Crippen molar-refractivity contribution in [1.82, 2.24) is 0 Å². The van der Waals surface area contributed by atoms with Gasteiger partial charge in [-0.05, 0) is 74.2 Å². The van der Waals surface area contributed by atoms with Crippen LogP contribution in [0.5, 0.6) is 0 Å². The first-order chi connectivity index (χ1) is 13.3. The van der Waals surface area contributed by atoms with Gasteiger partial charge >= 0.3 is 0 Å². The predicted octanol–water partition coefficient (Wildman–Crippen LogP) is 3.16. The van der Waals surface area contributed by atoms with Crippen molar-refractivity contribution in [2.45, 2.75) is 65.2 Å². The summed E-state index contributed by atoms with van der Waals surface area (Å²) in [4.78, 5) is 21.8. The van der Waals surface area contributed by atoms with Crippen LogP contribution in [0.3, 0.4) is 0 Å². The van der Waals surface area contributed by atoms with Crippen molar-refractivity contribution in [1.29, 1.82) is 0 Å².